The first-order chi connectivity index (χ1) is 10.5. The zero-order valence-corrected chi connectivity index (χ0v) is 17.1. The molecule has 0 atom stereocenters. The van der Waals surface area contributed by atoms with E-state index in [1.807, 2.05) is 12.1 Å². The van der Waals surface area contributed by atoms with Crippen LogP contribution in [0.15, 0.2) is 35.2 Å². The predicted octanol–water partition coefficient (Wildman–Crippen LogP) is 1.43. The van der Waals surface area contributed by atoms with Crippen LogP contribution in [-0.2, 0) is 23.0 Å². The Balaban J connectivity index is 0.00000264. The van der Waals surface area contributed by atoms with Crippen molar-refractivity contribution in [3.8, 4) is 0 Å². The third kappa shape index (κ3) is 5.30. The van der Waals surface area contributed by atoms with Gasteiger partial charge in [0.2, 0.25) is 0 Å². The molecule has 2 aromatic rings. The van der Waals surface area contributed by atoms with Gasteiger partial charge in [0.15, 0.2) is 0 Å². The van der Waals surface area contributed by atoms with Crippen LogP contribution in [-0.4, -0.2) is 13.0 Å². The molecule has 0 unspecified atom stereocenters. The Labute approximate surface area is 161 Å². The molecular weight excluding hydrogens is 319 g/mol. The molecule has 0 heterocycles. The summed E-state index contributed by atoms with van der Waals surface area (Å²) in [6.07, 6.45) is 6.03. The van der Waals surface area contributed by atoms with Crippen molar-refractivity contribution in [3.05, 3.63) is 41.5 Å². The maximum Gasteiger partial charge on any atom is 1.00 e. The van der Waals surface area contributed by atoms with Gasteiger partial charge in [0.05, 0.1) is 4.90 Å². The van der Waals surface area contributed by atoms with E-state index in [2.05, 4.69) is 19.9 Å². The molecule has 23 heavy (non-hydrogen) atoms. The largest absolute Gasteiger partial charge is 1.00 e. The summed E-state index contributed by atoms with van der Waals surface area (Å²) >= 11 is 0. The Morgan fingerprint density at radius 3 is 2.13 bits per heavy atom. The van der Waals surface area contributed by atoms with Gasteiger partial charge in [-0.3, -0.25) is 0 Å². The van der Waals surface area contributed by atoms with Crippen molar-refractivity contribution in [2.45, 2.75) is 57.3 Å². The summed E-state index contributed by atoms with van der Waals surface area (Å²) in [5.74, 6) is 0. The minimum atomic E-state index is -4.42. The fourth-order valence-electron chi connectivity index (χ4n) is 2.86. The smallest absolute Gasteiger partial charge is 0.744 e. The monoisotopic (exact) mass is 342 g/mol. The van der Waals surface area contributed by atoms with Crippen molar-refractivity contribution in [3.63, 3.8) is 0 Å². The van der Waals surface area contributed by atoms with E-state index in [1.54, 1.807) is 6.07 Å². The Kier molecular flexibility index (Phi) is 8.25. The molecule has 2 aromatic carbocycles. The zero-order chi connectivity index (χ0) is 16.2. The molecule has 120 valence electrons. The number of benzene rings is 2. The van der Waals surface area contributed by atoms with Gasteiger partial charge in [-0.2, -0.15) is 0 Å². The molecule has 0 aliphatic heterocycles. The van der Waals surface area contributed by atoms with Crippen LogP contribution in [0, 0.1) is 0 Å². The Morgan fingerprint density at radius 1 is 0.957 bits per heavy atom. The van der Waals surface area contributed by atoms with Gasteiger partial charge in [-0.05, 0) is 59.7 Å². The molecule has 0 aromatic heterocycles. The number of unbranched alkanes of at least 4 members (excludes halogenated alkanes) is 2. The van der Waals surface area contributed by atoms with E-state index < -0.39 is 10.1 Å². The quantitative estimate of drug-likeness (QED) is 0.565. The SMILES string of the molecule is CCCCc1cccc2cc(S(=O)(=O)[O-])cc(CCCC)c12.[Na+]. The molecule has 0 saturated carbocycles. The van der Waals surface area contributed by atoms with Gasteiger partial charge in [0.1, 0.15) is 10.1 Å². The van der Waals surface area contributed by atoms with Crippen LogP contribution in [0.3, 0.4) is 0 Å². The van der Waals surface area contributed by atoms with E-state index >= 15 is 0 Å². The third-order valence-electron chi connectivity index (χ3n) is 4.01. The van der Waals surface area contributed by atoms with Crippen molar-refractivity contribution < 1.29 is 42.5 Å². The van der Waals surface area contributed by atoms with Crippen molar-refractivity contribution in [2.75, 3.05) is 0 Å². The molecule has 0 amide bonds. The Bertz CT molecular complexity index is 754. The number of aryl methyl sites for hydroxylation is 2. The molecule has 0 N–H and O–H groups in total. The van der Waals surface area contributed by atoms with Gasteiger partial charge in [0.25, 0.3) is 0 Å². The second-order valence-corrected chi connectivity index (χ2v) is 7.14. The molecule has 0 spiro atoms. The minimum absolute atomic E-state index is 0. The van der Waals surface area contributed by atoms with Crippen molar-refractivity contribution in [2.24, 2.45) is 0 Å². The first-order valence-electron chi connectivity index (χ1n) is 7.97. The van der Waals surface area contributed by atoms with Crippen molar-refractivity contribution >= 4 is 20.9 Å². The van der Waals surface area contributed by atoms with Crippen LogP contribution in [0.4, 0.5) is 0 Å². The first-order valence-corrected chi connectivity index (χ1v) is 9.38. The standard InChI is InChI=1S/C18H24O3S.Na/c1-3-5-8-14-10-7-11-16-13-17(22(19,20)21)12-15(18(14)16)9-6-4-2;/h7,10-13H,3-6,8-9H2,1-2H3,(H,19,20,21);/q;+1/p-1. The minimum Gasteiger partial charge on any atom is -0.744 e. The number of rotatable bonds is 7. The molecule has 0 aliphatic carbocycles. The molecule has 0 fully saturated rings. The molecule has 3 nitrogen and oxygen atoms in total. The summed E-state index contributed by atoms with van der Waals surface area (Å²) in [5.41, 5.74) is 2.24. The van der Waals surface area contributed by atoms with Crippen LogP contribution in [0.25, 0.3) is 10.8 Å². The van der Waals surface area contributed by atoms with Crippen LogP contribution in [0.2, 0.25) is 0 Å². The van der Waals surface area contributed by atoms with Gasteiger partial charge in [0, 0.05) is 0 Å². The van der Waals surface area contributed by atoms with E-state index in [-0.39, 0.29) is 34.5 Å². The zero-order valence-electron chi connectivity index (χ0n) is 14.3. The first kappa shape index (κ1) is 20.7. The van der Waals surface area contributed by atoms with Crippen LogP contribution in [0.5, 0.6) is 0 Å². The van der Waals surface area contributed by atoms with Crippen LogP contribution < -0.4 is 29.6 Å². The fourth-order valence-corrected chi connectivity index (χ4v) is 3.41. The molecule has 0 aliphatic rings. The van der Waals surface area contributed by atoms with Gasteiger partial charge in [-0.15, -0.1) is 0 Å². The number of hydrogen-bond donors (Lipinski definition) is 0. The summed E-state index contributed by atoms with van der Waals surface area (Å²) in [6, 6.07) is 9.05. The molecule has 0 saturated heterocycles. The molecule has 2 rings (SSSR count). The van der Waals surface area contributed by atoms with Gasteiger partial charge in [-0.25, -0.2) is 8.42 Å². The van der Waals surface area contributed by atoms with E-state index in [0.717, 1.165) is 54.9 Å². The van der Waals surface area contributed by atoms with Crippen molar-refractivity contribution in [1.29, 1.82) is 0 Å². The van der Waals surface area contributed by atoms with Crippen LogP contribution >= 0.6 is 0 Å². The second-order valence-electron chi connectivity index (χ2n) is 5.76. The summed E-state index contributed by atoms with van der Waals surface area (Å²) < 4.78 is 34.2. The average molecular weight is 342 g/mol. The fraction of sp³-hybridized carbons (Fsp3) is 0.444. The third-order valence-corrected chi connectivity index (χ3v) is 4.82. The molecule has 5 heteroatoms. The molecule has 0 bridgehead atoms. The topological polar surface area (TPSA) is 57.2 Å². The van der Waals surface area contributed by atoms with E-state index in [4.69, 9.17) is 0 Å². The molecule has 0 radical (unpaired) electrons. The van der Waals surface area contributed by atoms with E-state index in [9.17, 15) is 13.0 Å². The number of fused-ring (bicyclic) bond motifs is 1. The maximum atomic E-state index is 11.4. The van der Waals surface area contributed by atoms with Gasteiger partial charge in [-0.1, -0.05) is 44.9 Å². The normalized spacial score (nSPS) is 11.4. The van der Waals surface area contributed by atoms with Crippen molar-refractivity contribution in [1.82, 2.24) is 0 Å². The maximum absolute atomic E-state index is 11.4. The average Bonchev–Trinajstić information content (AvgIpc) is 2.49. The summed E-state index contributed by atoms with van der Waals surface area (Å²) in [4.78, 5) is -0.112. The Hall–Kier alpha value is -0.390. The van der Waals surface area contributed by atoms with E-state index in [0.29, 0.717) is 0 Å². The second kappa shape index (κ2) is 9.19. The molecular formula is C18H23NaO3S. The summed E-state index contributed by atoms with van der Waals surface area (Å²) in [5, 5.41) is 1.99. The summed E-state index contributed by atoms with van der Waals surface area (Å²) in [6.45, 7) is 4.26. The van der Waals surface area contributed by atoms with E-state index in [1.165, 1.54) is 11.6 Å². The summed E-state index contributed by atoms with van der Waals surface area (Å²) in [7, 11) is -4.42. The van der Waals surface area contributed by atoms with Gasteiger partial charge < -0.3 is 4.55 Å². The van der Waals surface area contributed by atoms with Crippen LogP contribution in [0.1, 0.15) is 50.7 Å². The number of hydrogen-bond acceptors (Lipinski definition) is 3. The van der Waals surface area contributed by atoms with Gasteiger partial charge >= 0.3 is 29.6 Å². The Morgan fingerprint density at radius 2 is 1.57 bits per heavy atom. The predicted molar refractivity (Wildman–Crippen MR) is 89.1 cm³/mol.